The van der Waals surface area contributed by atoms with E-state index in [1.165, 1.54) is 18.2 Å². The Morgan fingerprint density at radius 1 is 1.39 bits per heavy atom. The molecule has 0 bridgehead atoms. The first-order chi connectivity index (χ1) is 8.54. The molecule has 0 radical (unpaired) electrons. The Morgan fingerprint density at radius 3 is 2.72 bits per heavy atom. The average molecular weight is 253 g/mol. The number of carbonyl (C=O) groups is 2. The Labute approximate surface area is 104 Å². The molecule has 6 nitrogen and oxygen atoms in total. The predicted molar refractivity (Wildman–Crippen MR) is 64.9 cm³/mol. The molecule has 0 aliphatic rings. The van der Waals surface area contributed by atoms with Gasteiger partial charge in [0.25, 0.3) is 0 Å². The van der Waals surface area contributed by atoms with Crippen LogP contribution in [0.1, 0.15) is 30.1 Å². The van der Waals surface area contributed by atoms with Crippen molar-refractivity contribution in [3.8, 4) is 5.75 Å². The number of aromatic carboxylic acids is 1. The first-order valence-electron chi connectivity index (χ1n) is 5.54. The van der Waals surface area contributed by atoms with E-state index in [2.05, 4.69) is 5.32 Å². The number of anilines is 1. The van der Waals surface area contributed by atoms with Gasteiger partial charge in [-0.15, -0.1) is 0 Å². The molecular formula is C12H15NO5. The van der Waals surface area contributed by atoms with Crippen molar-refractivity contribution in [3.05, 3.63) is 23.8 Å². The quantitative estimate of drug-likeness (QED) is 0.553. The Hall–Kier alpha value is -2.24. The van der Waals surface area contributed by atoms with Crippen LogP contribution in [0.15, 0.2) is 18.2 Å². The van der Waals surface area contributed by atoms with E-state index in [1.807, 2.05) is 6.92 Å². The van der Waals surface area contributed by atoms with Crippen LogP contribution in [-0.4, -0.2) is 28.9 Å². The standard InChI is InChI=1S/C12H15NO5/c1-2-3-6-18-12(17)13-9-7-8(11(15)16)4-5-10(9)14/h4-5,7,14H,2-3,6H2,1H3,(H,13,17)(H,15,16). The predicted octanol–water partition coefficient (Wildman–Crippen LogP) is 2.44. The van der Waals surface area contributed by atoms with Crippen LogP contribution in [-0.2, 0) is 4.74 Å². The molecule has 0 fully saturated rings. The van der Waals surface area contributed by atoms with Crippen LogP contribution in [0.5, 0.6) is 5.75 Å². The zero-order valence-electron chi connectivity index (χ0n) is 9.97. The Bertz CT molecular complexity index is 444. The molecule has 0 aromatic heterocycles. The van der Waals surface area contributed by atoms with Crippen molar-refractivity contribution in [1.82, 2.24) is 0 Å². The Morgan fingerprint density at radius 2 is 2.11 bits per heavy atom. The van der Waals surface area contributed by atoms with Gasteiger partial charge in [0, 0.05) is 0 Å². The summed E-state index contributed by atoms with van der Waals surface area (Å²) in [7, 11) is 0. The number of benzene rings is 1. The van der Waals surface area contributed by atoms with E-state index in [4.69, 9.17) is 9.84 Å². The summed E-state index contributed by atoms with van der Waals surface area (Å²) in [4.78, 5) is 22.1. The summed E-state index contributed by atoms with van der Waals surface area (Å²) in [5, 5.41) is 20.5. The highest BCUT2D eigenvalue weighted by Gasteiger charge is 2.11. The smallest absolute Gasteiger partial charge is 0.411 e. The number of amides is 1. The van der Waals surface area contributed by atoms with E-state index < -0.39 is 12.1 Å². The molecule has 18 heavy (non-hydrogen) atoms. The fourth-order valence-electron chi connectivity index (χ4n) is 1.22. The fourth-order valence-corrected chi connectivity index (χ4v) is 1.22. The summed E-state index contributed by atoms with van der Waals surface area (Å²) < 4.78 is 4.83. The molecule has 0 saturated carbocycles. The van der Waals surface area contributed by atoms with E-state index in [-0.39, 0.29) is 23.6 Å². The lowest BCUT2D eigenvalue weighted by Crippen LogP contribution is -2.14. The summed E-state index contributed by atoms with van der Waals surface area (Å²) in [6, 6.07) is 3.61. The number of nitrogens with one attached hydrogen (secondary N) is 1. The normalized spacial score (nSPS) is 9.83. The second-order valence-corrected chi connectivity index (χ2v) is 3.65. The third-order valence-corrected chi connectivity index (χ3v) is 2.21. The van der Waals surface area contributed by atoms with E-state index in [9.17, 15) is 14.7 Å². The number of carboxylic acid groups (broad SMARTS) is 1. The van der Waals surface area contributed by atoms with Crippen LogP contribution in [0.3, 0.4) is 0 Å². The number of unbranched alkanes of at least 4 members (excludes halogenated alkanes) is 1. The molecule has 0 aliphatic heterocycles. The number of rotatable bonds is 5. The number of carboxylic acids is 1. The van der Waals surface area contributed by atoms with Crippen molar-refractivity contribution in [1.29, 1.82) is 0 Å². The van der Waals surface area contributed by atoms with Crippen molar-refractivity contribution in [2.45, 2.75) is 19.8 Å². The maximum atomic E-state index is 11.3. The molecule has 98 valence electrons. The van der Waals surface area contributed by atoms with Gasteiger partial charge in [0.1, 0.15) is 5.75 Å². The van der Waals surface area contributed by atoms with Crippen molar-refractivity contribution in [3.63, 3.8) is 0 Å². The number of aromatic hydroxyl groups is 1. The number of phenolic OH excluding ortho intramolecular Hbond substituents is 1. The van der Waals surface area contributed by atoms with Gasteiger partial charge < -0.3 is 14.9 Å². The molecule has 0 unspecified atom stereocenters. The number of carbonyl (C=O) groups excluding carboxylic acids is 1. The van der Waals surface area contributed by atoms with Crippen LogP contribution in [0, 0.1) is 0 Å². The number of phenols is 1. The second kappa shape index (κ2) is 6.48. The Kier molecular flexibility index (Phi) is 4.98. The van der Waals surface area contributed by atoms with Crippen molar-refractivity contribution >= 4 is 17.7 Å². The maximum Gasteiger partial charge on any atom is 0.411 e. The highest BCUT2D eigenvalue weighted by molar-refractivity contribution is 5.92. The van der Waals surface area contributed by atoms with Gasteiger partial charge in [0.2, 0.25) is 0 Å². The summed E-state index contributed by atoms with van der Waals surface area (Å²) in [5.41, 5.74) is -0.0203. The fraction of sp³-hybridized carbons (Fsp3) is 0.333. The molecule has 0 aliphatic carbocycles. The molecule has 0 heterocycles. The molecule has 6 heteroatoms. The van der Waals surface area contributed by atoms with Crippen molar-refractivity contribution < 1.29 is 24.5 Å². The topological polar surface area (TPSA) is 95.9 Å². The molecule has 1 aromatic carbocycles. The van der Waals surface area contributed by atoms with Crippen LogP contribution < -0.4 is 5.32 Å². The SMILES string of the molecule is CCCCOC(=O)Nc1cc(C(=O)O)ccc1O. The van der Waals surface area contributed by atoms with Gasteiger partial charge in [-0.2, -0.15) is 0 Å². The maximum absolute atomic E-state index is 11.3. The molecule has 0 atom stereocenters. The van der Waals surface area contributed by atoms with E-state index in [0.29, 0.717) is 0 Å². The summed E-state index contributed by atoms with van der Waals surface area (Å²) in [5.74, 6) is -1.36. The monoisotopic (exact) mass is 253 g/mol. The zero-order valence-corrected chi connectivity index (χ0v) is 9.97. The molecule has 0 saturated heterocycles. The van der Waals surface area contributed by atoms with Gasteiger partial charge >= 0.3 is 12.1 Å². The molecule has 1 amide bonds. The molecular weight excluding hydrogens is 238 g/mol. The molecule has 0 spiro atoms. The van der Waals surface area contributed by atoms with Gasteiger partial charge in [-0.05, 0) is 24.6 Å². The number of hydrogen-bond donors (Lipinski definition) is 3. The number of ether oxygens (including phenoxy) is 1. The summed E-state index contributed by atoms with van der Waals surface area (Å²) in [6.45, 7) is 2.24. The van der Waals surface area contributed by atoms with Gasteiger partial charge in [0.15, 0.2) is 0 Å². The lowest BCUT2D eigenvalue weighted by atomic mass is 10.2. The van der Waals surface area contributed by atoms with Crippen molar-refractivity contribution in [2.75, 3.05) is 11.9 Å². The van der Waals surface area contributed by atoms with Gasteiger partial charge in [-0.25, -0.2) is 9.59 Å². The first-order valence-corrected chi connectivity index (χ1v) is 5.54. The highest BCUT2D eigenvalue weighted by atomic mass is 16.5. The second-order valence-electron chi connectivity index (χ2n) is 3.65. The molecule has 1 aromatic rings. The van der Waals surface area contributed by atoms with Gasteiger partial charge in [-0.3, -0.25) is 5.32 Å². The van der Waals surface area contributed by atoms with E-state index >= 15 is 0 Å². The Balaban J connectivity index is 2.68. The zero-order chi connectivity index (χ0) is 13.5. The minimum atomic E-state index is -1.14. The van der Waals surface area contributed by atoms with E-state index in [0.717, 1.165) is 12.8 Å². The van der Waals surface area contributed by atoms with E-state index in [1.54, 1.807) is 0 Å². The van der Waals surface area contributed by atoms with Crippen LogP contribution in [0.4, 0.5) is 10.5 Å². The largest absolute Gasteiger partial charge is 0.506 e. The third kappa shape index (κ3) is 3.97. The highest BCUT2D eigenvalue weighted by Crippen LogP contribution is 2.24. The van der Waals surface area contributed by atoms with Crippen LogP contribution in [0.25, 0.3) is 0 Å². The van der Waals surface area contributed by atoms with Crippen molar-refractivity contribution in [2.24, 2.45) is 0 Å². The summed E-state index contributed by atoms with van der Waals surface area (Å²) in [6.07, 6.45) is 0.919. The van der Waals surface area contributed by atoms with Crippen LogP contribution in [0.2, 0.25) is 0 Å². The lowest BCUT2D eigenvalue weighted by Gasteiger charge is -2.08. The average Bonchev–Trinajstić information content (AvgIpc) is 2.32. The van der Waals surface area contributed by atoms with Crippen LogP contribution >= 0.6 is 0 Å². The third-order valence-electron chi connectivity index (χ3n) is 2.21. The molecule has 3 N–H and O–H groups in total. The van der Waals surface area contributed by atoms with Gasteiger partial charge in [-0.1, -0.05) is 13.3 Å². The molecule has 1 rings (SSSR count). The minimum absolute atomic E-state index is 0.0106. The first kappa shape index (κ1) is 13.8. The minimum Gasteiger partial charge on any atom is -0.506 e. The lowest BCUT2D eigenvalue weighted by molar-refractivity contribution is 0.0696. The number of hydrogen-bond acceptors (Lipinski definition) is 4. The van der Waals surface area contributed by atoms with Gasteiger partial charge in [0.05, 0.1) is 17.9 Å². The summed E-state index contributed by atoms with van der Waals surface area (Å²) >= 11 is 0.